The summed E-state index contributed by atoms with van der Waals surface area (Å²) in [6, 6.07) is 13.7. The molecule has 0 amide bonds. The number of halogens is 1. The van der Waals surface area contributed by atoms with Crippen LogP contribution < -0.4 is 9.57 Å². The van der Waals surface area contributed by atoms with Gasteiger partial charge in [-0.05, 0) is 59.8 Å². The Balaban J connectivity index is 2.09. The zero-order valence-corrected chi connectivity index (χ0v) is 14.8. The largest absolute Gasteiger partial charge is 0.494 e. The Morgan fingerprint density at radius 1 is 1.18 bits per heavy atom. The highest BCUT2D eigenvalue weighted by Gasteiger charge is 2.12. The first kappa shape index (κ1) is 16.8. The number of hydrazone groups is 1. The smallest absolute Gasteiger partial charge is 0.276 e. The fourth-order valence-electron chi connectivity index (χ4n) is 1.68. The summed E-state index contributed by atoms with van der Waals surface area (Å²) in [6.07, 6.45) is 1.48. The van der Waals surface area contributed by atoms with Crippen LogP contribution in [0.1, 0.15) is 12.5 Å². The van der Waals surface area contributed by atoms with Crippen molar-refractivity contribution in [2.45, 2.75) is 11.8 Å². The molecule has 0 bridgehead atoms. The minimum absolute atomic E-state index is 0.135. The van der Waals surface area contributed by atoms with Gasteiger partial charge in [-0.15, -0.1) is 0 Å². The summed E-state index contributed by atoms with van der Waals surface area (Å²) in [5.74, 6) is 0.629. The third kappa shape index (κ3) is 4.44. The molecular formula is C15H15IN2O3S. The van der Waals surface area contributed by atoms with E-state index < -0.39 is 10.0 Å². The lowest BCUT2D eigenvalue weighted by molar-refractivity contribution is 0.340. The lowest BCUT2D eigenvalue weighted by atomic mass is 10.2. The maximum atomic E-state index is 12.1. The highest BCUT2D eigenvalue weighted by Crippen LogP contribution is 2.16. The van der Waals surface area contributed by atoms with Gasteiger partial charge in [0, 0.05) is 9.13 Å². The fourth-order valence-corrected chi connectivity index (χ4v) is 3.00. The van der Waals surface area contributed by atoms with Crippen molar-refractivity contribution in [3.05, 3.63) is 57.7 Å². The lowest BCUT2D eigenvalue weighted by Crippen LogP contribution is -2.18. The molecule has 0 saturated carbocycles. The lowest BCUT2D eigenvalue weighted by Gasteiger charge is -2.06. The second-order valence-corrected chi connectivity index (χ2v) is 7.10. The van der Waals surface area contributed by atoms with E-state index >= 15 is 0 Å². The van der Waals surface area contributed by atoms with Crippen LogP contribution in [0.4, 0.5) is 0 Å². The molecule has 0 aliphatic rings. The van der Waals surface area contributed by atoms with Gasteiger partial charge >= 0.3 is 0 Å². The monoisotopic (exact) mass is 430 g/mol. The molecule has 7 heteroatoms. The van der Waals surface area contributed by atoms with Gasteiger partial charge < -0.3 is 4.74 Å². The zero-order valence-electron chi connectivity index (χ0n) is 11.9. The second-order valence-electron chi connectivity index (χ2n) is 4.28. The van der Waals surface area contributed by atoms with Crippen molar-refractivity contribution in [2.24, 2.45) is 5.10 Å². The molecule has 0 aromatic heterocycles. The van der Waals surface area contributed by atoms with E-state index in [2.05, 4.69) is 32.5 Å². The molecule has 0 radical (unpaired) electrons. The molecule has 5 nitrogen and oxygen atoms in total. The normalized spacial score (nSPS) is 11.5. The van der Waals surface area contributed by atoms with Crippen LogP contribution in [0.3, 0.4) is 0 Å². The first-order valence-corrected chi connectivity index (χ1v) is 9.11. The summed E-state index contributed by atoms with van der Waals surface area (Å²) in [4.78, 5) is 2.34. The first-order chi connectivity index (χ1) is 10.5. The van der Waals surface area contributed by atoms with E-state index in [9.17, 15) is 8.42 Å². The summed E-state index contributed by atoms with van der Waals surface area (Å²) < 4.78 is 30.5. The number of ether oxygens (including phenoxy) is 1. The SMILES string of the molecule is CCOc1ccc(S(=O)(=O)N/N=C\c2ccccc2I)cc1. The van der Waals surface area contributed by atoms with Crippen molar-refractivity contribution < 1.29 is 13.2 Å². The van der Waals surface area contributed by atoms with Crippen LogP contribution >= 0.6 is 22.6 Å². The van der Waals surface area contributed by atoms with E-state index in [-0.39, 0.29) is 4.90 Å². The van der Waals surface area contributed by atoms with Crippen molar-refractivity contribution in [3.63, 3.8) is 0 Å². The molecule has 0 heterocycles. The highest BCUT2D eigenvalue weighted by atomic mass is 127. The third-order valence-electron chi connectivity index (χ3n) is 2.73. The number of nitrogens with one attached hydrogen (secondary N) is 1. The number of rotatable bonds is 6. The van der Waals surface area contributed by atoms with Gasteiger partial charge in [0.2, 0.25) is 0 Å². The minimum Gasteiger partial charge on any atom is -0.494 e. The van der Waals surface area contributed by atoms with Gasteiger partial charge in [-0.25, -0.2) is 4.83 Å². The standard InChI is InChI=1S/C15H15IN2O3S/c1-2-21-13-7-9-14(10-8-13)22(19,20)18-17-11-12-5-3-4-6-15(12)16/h3-11,18H,2H2,1H3/b17-11-. The van der Waals surface area contributed by atoms with Gasteiger partial charge in [0.05, 0.1) is 17.7 Å². The van der Waals surface area contributed by atoms with Crippen LogP contribution in [0.25, 0.3) is 0 Å². The molecule has 2 aromatic rings. The number of hydrogen-bond acceptors (Lipinski definition) is 4. The van der Waals surface area contributed by atoms with Crippen molar-refractivity contribution in [1.82, 2.24) is 4.83 Å². The molecule has 0 aliphatic heterocycles. The van der Waals surface area contributed by atoms with Gasteiger partial charge in [-0.3, -0.25) is 0 Å². The maximum Gasteiger partial charge on any atom is 0.276 e. The Kier molecular flexibility index (Phi) is 5.78. The fraction of sp³-hybridized carbons (Fsp3) is 0.133. The third-order valence-corrected chi connectivity index (χ3v) is 4.95. The molecule has 0 spiro atoms. The first-order valence-electron chi connectivity index (χ1n) is 6.55. The molecule has 116 valence electrons. The Hall–Kier alpha value is -1.61. The van der Waals surface area contributed by atoms with E-state index in [1.165, 1.54) is 18.3 Å². The summed E-state index contributed by atoms with van der Waals surface area (Å²) in [7, 11) is -3.68. The summed E-state index contributed by atoms with van der Waals surface area (Å²) in [5.41, 5.74) is 0.845. The molecule has 1 N–H and O–H groups in total. The predicted molar refractivity (Wildman–Crippen MR) is 94.7 cm³/mol. The van der Waals surface area contributed by atoms with E-state index in [1.807, 2.05) is 31.2 Å². The highest BCUT2D eigenvalue weighted by molar-refractivity contribution is 14.1. The zero-order chi connectivity index (χ0) is 16.0. The minimum atomic E-state index is -3.68. The summed E-state index contributed by atoms with van der Waals surface area (Å²) >= 11 is 2.16. The Bertz CT molecular complexity index is 759. The summed E-state index contributed by atoms with van der Waals surface area (Å²) in [5, 5.41) is 3.81. The van der Waals surface area contributed by atoms with E-state index in [0.29, 0.717) is 12.4 Å². The van der Waals surface area contributed by atoms with Crippen molar-refractivity contribution in [1.29, 1.82) is 0 Å². The quantitative estimate of drug-likeness (QED) is 0.435. The van der Waals surface area contributed by atoms with E-state index in [4.69, 9.17) is 4.74 Å². The van der Waals surface area contributed by atoms with Crippen LogP contribution in [0.2, 0.25) is 0 Å². The van der Waals surface area contributed by atoms with Crippen LogP contribution in [0.15, 0.2) is 58.5 Å². The van der Waals surface area contributed by atoms with Crippen LogP contribution in [0, 0.1) is 3.57 Å². The Labute approximate surface area is 143 Å². The Morgan fingerprint density at radius 2 is 1.86 bits per heavy atom. The molecule has 0 atom stereocenters. The average molecular weight is 430 g/mol. The van der Waals surface area contributed by atoms with Gasteiger partial charge in [0.15, 0.2) is 0 Å². The molecule has 0 saturated heterocycles. The van der Waals surface area contributed by atoms with Gasteiger partial charge in [0.1, 0.15) is 5.75 Å². The van der Waals surface area contributed by atoms with Crippen molar-refractivity contribution in [3.8, 4) is 5.75 Å². The molecule has 2 rings (SSSR count). The molecule has 22 heavy (non-hydrogen) atoms. The van der Waals surface area contributed by atoms with Crippen molar-refractivity contribution in [2.75, 3.05) is 6.61 Å². The second kappa shape index (κ2) is 7.59. The molecular weight excluding hydrogens is 415 g/mol. The topological polar surface area (TPSA) is 67.8 Å². The number of nitrogens with zero attached hydrogens (tertiary/aromatic N) is 1. The summed E-state index contributed by atoms with van der Waals surface area (Å²) in [6.45, 7) is 2.40. The average Bonchev–Trinajstić information content (AvgIpc) is 2.50. The molecule has 0 unspecified atom stereocenters. The predicted octanol–water partition coefficient (Wildman–Crippen LogP) is 3.00. The van der Waals surface area contributed by atoms with Gasteiger partial charge in [0.25, 0.3) is 10.0 Å². The molecule has 2 aromatic carbocycles. The van der Waals surface area contributed by atoms with E-state index in [0.717, 1.165) is 9.13 Å². The number of sulfonamides is 1. The van der Waals surface area contributed by atoms with Gasteiger partial charge in [-0.1, -0.05) is 18.2 Å². The van der Waals surface area contributed by atoms with E-state index in [1.54, 1.807) is 12.1 Å². The molecule has 0 aliphatic carbocycles. The number of benzene rings is 2. The molecule has 0 fully saturated rings. The van der Waals surface area contributed by atoms with Crippen LogP contribution in [-0.2, 0) is 10.0 Å². The van der Waals surface area contributed by atoms with Crippen LogP contribution in [-0.4, -0.2) is 21.2 Å². The van der Waals surface area contributed by atoms with Gasteiger partial charge in [-0.2, -0.15) is 13.5 Å². The van der Waals surface area contributed by atoms with Crippen molar-refractivity contribution >= 4 is 38.8 Å². The van der Waals surface area contributed by atoms with Crippen LogP contribution in [0.5, 0.6) is 5.75 Å². The number of hydrogen-bond donors (Lipinski definition) is 1. The maximum absolute atomic E-state index is 12.1. The Morgan fingerprint density at radius 3 is 2.50 bits per heavy atom.